The van der Waals surface area contributed by atoms with E-state index in [4.69, 9.17) is 27.9 Å². The van der Waals surface area contributed by atoms with Crippen LogP contribution in [0.15, 0.2) is 10.5 Å². The fourth-order valence-electron chi connectivity index (χ4n) is 2.85. The maximum atomic E-state index is 10.4. The van der Waals surface area contributed by atoms with Gasteiger partial charge in [0.25, 0.3) is 0 Å². The number of nitrogens with one attached hydrogen (secondary N) is 1. The predicted molar refractivity (Wildman–Crippen MR) is 99.2 cm³/mol. The minimum absolute atomic E-state index is 0.0531. The predicted octanol–water partition coefficient (Wildman–Crippen LogP) is 2.54. The lowest BCUT2D eigenvalue weighted by Crippen LogP contribution is -2.33. The number of fused-ring (bicyclic) bond motifs is 1. The Hall–Kier alpha value is -0.610. The molecule has 10 heteroatoms. The highest BCUT2D eigenvalue weighted by Crippen LogP contribution is 2.41. The van der Waals surface area contributed by atoms with Gasteiger partial charge in [0.05, 0.1) is 26.6 Å². The number of aromatic nitrogens is 2. The summed E-state index contributed by atoms with van der Waals surface area (Å²) < 4.78 is 7.80. The average Bonchev–Trinajstić information content (AvgIpc) is 3.03. The number of aliphatic hydroxyl groups is 3. The van der Waals surface area contributed by atoms with E-state index in [1.165, 1.54) is 0 Å². The lowest BCUT2D eigenvalue weighted by molar-refractivity contribution is -0.0499. The molecule has 0 saturated carbocycles. The van der Waals surface area contributed by atoms with Gasteiger partial charge in [0, 0.05) is 6.04 Å². The number of benzene rings is 1. The van der Waals surface area contributed by atoms with Crippen molar-refractivity contribution in [2.75, 3.05) is 11.9 Å². The molecule has 0 radical (unpaired) electrons. The molecule has 2 heterocycles. The third-order valence-electron chi connectivity index (χ3n) is 4.01. The van der Waals surface area contributed by atoms with Crippen LogP contribution in [0.4, 0.5) is 5.95 Å². The van der Waals surface area contributed by atoms with Gasteiger partial charge >= 0.3 is 0 Å². The van der Waals surface area contributed by atoms with E-state index in [0.29, 0.717) is 31.5 Å². The molecule has 4 atom stereocenters. The number of anilines is 1. The molecule has 1 aliphatic heterocycles. The Bertz CT molecular complexity index is 801. The van der Waals surface area contributed by atoms with Gasteiger partial charge < -0.3 is 25.4 Å². The minimum Gasteiger partial charge on any atom is -0.394 e. The molecule has 138 valence electrons. The quantitative estimate of drug-likeness (QED) is 0.530. The molecule has 25 heavy (non-hydrogen) atoms. The fraction of sp³-hybridized carbons (Fsp3) is 0.533. The molecule has 4 N–H and O–H groups in total. The van der Waals surface area contributed by atoms with Gasteiger partial charge in [-0.1, -0.05) is 23.2 Å². The Morgan fingerprint density at radius 2 is 2.04 bits per heavy atom. The molecule has 1 aromatic carbocycles. The molecular formula is C15H18BrCl2N3O4. The second kappa shape index (κ2) is 7.19. The van der Waals surface area contributed by atoms with Gasteiger partial charge in [0.1, 0.15) is 23.8 Å². The first kappa shape index (κ1) is 19.2. The summed E-state index contributed by atoms with van der Waals surface area (Å²) in [6.07, 6.45) is -4.29. The molecule has 1 fully saturated rings. The van der Waals surface area contributed by atoms with Crippen molar-refractivity contribution in [3.63, 3.8) is 0 Å². The van der Waals surface area contributed by atoms with Gasteiger partial charge in [-0.15, -0.1) is 0 Å². The second-order valence-electron chi connectivity index (χ2n) is 6.19. The molecule has 0 bridgehead atoms. The van der Waals surface area contributed by atoms with Crippen molar-refractivity contribution in [3.05, 3.63) is 20.6 Å². The first-order valence-corrected chi connectivity index (χ1v) is 9.25. The smallest absolute Gasteiger partial charge is 0.206 e. The van der Waals surface area contributed by atoms with Crippen molar-refractivity contribution in [1.29, 1.82) is 0 Å². The van der Waals surface area contributed by atoms with E-state index >= 15 is 0 Å². The van der Waals surface area contributed by atoms with E-state index in [9.17, 15) is 15.3 Å². The summed E-state index contributed by atoms with van der Waals surface area (Å²) in [5, 5.41) is 33.7. The van der Waals surface area contributed by atoms with Gasteiger partial charge in [-0.25, -0.2) is 4.98 Å². The summed E-state index contributed by atoms with van der Waals surface area (Å²) in [5.41, 5.74) is 1.11. The fourth-order valence-corrected chi connectivity index (χ4v) is 3.81. The maximum absolute atomic E-state index is 10.4. The van der Waals surface area contributed by atoms with E-state index in [2.05, 4.69) is 26.2 Å². The topological polar surface area (TPSA) is 99.8 Å². The number of nitrogens with zero attached hydrogens (tertiary/aromatic N) is 2. The summed E-state index contributed by atoms with van der Waals surface area (Å²) in [6, 6.07) is 1.68. The Labute approximate surface area is 162 Å². The van der Waals surface area contributed by atoms with Crippen LogP contribution in [0.3, 0.4) is 0 Å². The Morgan fingerprint density at radius 3 is 2.60 bits per heavy atom. The zero-order valence-corrected chi connectivity index (χ0v) is 16.5. The van der Waals surface area contributed by atoms with Crippen molar-refractivity contribution >= 4 is 56.1 Å². The highest BCUT2D eigenvalue weighted by molar-refractivity contribution is 9.10. The van der Waals surface area contributed by atoms with Gasteiger partial charge in [0.15, 0.2) is 6.23 Å². The normalized spacial score (nSPS) is 26.8. The third-order valence-corrected chi connectivity index (χ3v) is 5.80. The van der Waals surface area contributed by atoms with E-state index in [1.807, 2.05) is 13.8 Å². The summed E-state index contributed by atoms with van der Waals surface area (Å²) in [5.74, 6) is 0.430. The minimum atomic E-state index is -1.24. The molecule has 0 aliphatic carbocycles. The summed E-state index contributed by atoms with van der Waals surface area (Å²) in [6.45, 7) is 3.47. The van der Waals surface area contributed by atoms with Crippen LogP contribution in [0.1, 0.15) is 20.1 Å². The van der Waals surface area contributed by atoms with E-state index in [0.717, 1.165) is 0 Å². The van der Waals surface area contributed by atoms with Crippen LogP contribution >= 0.6 is 39.1 Å². The van der Waals surface area contributed by atoms with Crippen LogP contribution in [0.25, 0.3) is 11.0 Å². The lowest BCUT2D eigenvalue weighted by Gasteiger charge is -2.21. The van der Waals surface area contributed by atoms with Crippen LogP contribution in [-0.2, 0) is 4.74 Å². The van der Waals surface area contributed by atoms with Gasteiger partial charge in [-0.3, -0.25) is 4.57 Å². The Balaban J connectivity index is 2.21. The monoisotopic (exact) mass is 453 g/mol. The van der Waals surface area contributed by atoms with E-state index in [-0.39, 0.29) is 6.04 Å². The van der Waals surface area contributed by atoms with Crippen LogP contribution in [0, 0.1) is 0 Å². The van der Waals surface area contributed by atoms with Crippen molar-refractivity contribution in [3.8, 4) is 0 Å². The van der Waals surface area contributed by atoms with Crippen molar-refractivity contribution in [1.82, 2.24) is 9.55 Å². The molecule has 0 amide bonds. The van der Waals surface area contributed by atoms with Gasteiger partial charge in [-0.05, 0) is 35.8 Å². The lowest BCUT2D eigenvalue weighted by atomic mass is 10.1. The number of hydrogen-bond donors (Lipinski definition) is 4. The highest BCUT2D eigenvalue weighted by Gasteiger charge is 2.44. The van der Waals surface area contributed by atoms with Crippen LogP contribution in [-0.4, -0.2) is 55.8 Å². The van der Waals surface area contributed by atoms with E-state index < -0.39 is 31.1 Å². The number of rotatable bonds is 4. The SMILES string of the molecule is CC(C)Nc1nc2c(Br)c(Cl)c(Cl)cc2n1[C@@H]1O[C@H](CO)[C@@H](O)[C@H]1O. The zero-order chi connectivity index (χ0) is 18.5. The molecule has 0 spiro atoms. The summed E-state index contributed by atoms with van der Waals surface area (Å²) in [7, 11) is 0. The molecule has 7 nitrogen and oxygen atoms in total. The maximum Gasteiger partial charge on any atom is 0.206 e. The van der Waals surface area contributed by atoms with Crippen LogP contribution < -0.4 is 5.32 Å². The van der Waals surface area contributed by atoms with Gasteiger partial charge in [0.2, 0.25) is 5.95 Å². The molecule has 2 aromatic rings. The van der Waals surface area contributed by atoms with Crippen molar-refractivity contribution < 1.29 is 20.1 Å². The van der Waals surface area contributed by atoms with Crippen molar-refractivity contribution in [2.24, 2.45) is 0 Å². The molecule has 1 aromatic heterocycles. The summed E-state index contributed by atoms with van der Waals surface area (Å²) >= 11 is 15.8. The standard InChI is InChI=1S/C15H18BrCl2N3O4/c1-5(2)19-15-20-11-7(3-6(17)10(18)9(11)16)21(15)14-13(24)12(23)8(4-22)25-14/h3,5,8,12-14,22-24H,4H2,1-2H3,(H,19,20)/t8-,12-,13-,14-/m1/s1. The number of hydrogen-bond acceptors (Lipinski definition) is 6. The van der Waals surface area contributed by atoms with Gasteiger partial charge in [-0.2, -0.15) is 0 Å². The van der Waals surface area contributed by atoms with Crippen LogP contribution in [0.2, 0.25) is 10.0 Å². The first-order chi connectivity index (χ1) is 11.8. The second-order valence-corrected chi connectivity index (χ2v) is 7.77. The first-order valence-electron chi connectivity index (χ1n) is 7.70. The zero-order valence-electron chi connectivity index (χ0n) is 13.4. The summed E-state index contributed by atoms with van der Waals surface area (Å²) in [4.78, 5) is 4.54. The number of ether oxygens (including phenoxy) is 1. The molecule has 1 saturated heterocycles. The average molecular weight is 455 g/mol. The molecule has 0 unspecified atom stereocenters. The molecule has 3 rings (SSSR count). The van der Waals surface area contributed by atoms with E-state index in [1.54, 1.807) is 10.6 Å². The Kier molecular flexibility index (Phi) is 5.51. The number of aliphatic hydroxyl groups excluding tert-OH is 3. The van der Waals surface area contributed by atoms with Crippen molar-refractivity contribution in [2.45, 2.75) is 44.4 Å². The highest BCUT2D eigenvalue weighted by atomic mass is 79.9. The molecular weight excluding hydrogens is 437 g/mol. The number of imidazole rings is 1. The Morgan fingerprint density at radius 1 is 1.36 bits per heavy atom. The number of halogens is 3. The third kappa shape index (κ3) is 3.25. The largest absolute Gasteiger partial charge is 0.394 e. The molecule has 1 aliphatic rings. The van der Waals surface area contributed by atoms with Crippen LogP contribution in [0.5, 0.6) is 0 Å².